The Balaban J connectivity index is 1.80. The van der Waals surface area contributed by atoms with Gasteiger partial charge in [0.2, 0.25) is 0 Å². The quantitative estimate of drug-likeness (QED) is 0.850. The van der Waals surface area contributed by atoms with Gasteiger partial charge in [-0.2, -0.15) is 15.6 Å². The molecule has 1 aliphatic carbocycles. The molecule has 0 atom stereocenters. The van der Waals surface area contributed by atoms with Gasteiger partial charge < -0.3 is 4.57 Å². The third kappa shape index (κ3) is 2.17. The van der Waals surface area contributed by atoms with E-state index in [1.54, 1.807) is 4.57 Å². The summed E-state index contributed by atoms with van der Waals surface area (Å²) in [6.07, 6.45) is 8.44. The highest BCUT2D eigenvalue weighted by molar-refractivity contribution is 5.36. The predicted molar refractivity (Wildman–Crippen MR) is 70.5 cm³/mol. The minimum absolute atomic E-state index is 0.169. The van der Waals surface area contributed by atoms with Gasteiger partial charge >= 0.3 is 0 Å². The molecule has 0 bridgehead atoms. The number of aromatic nitrogens is 4. The van der Waals surface area contributed by atoms with Crippen molar-refractivity contribution in [2.45, 2.75) is 38.3 Å². The molecule has 100 valence electrons. The van der Waals surface area contributed by atoms with Crippen molar-refractivity contribution in [3.63, 3.8) is 0 Å². The van der Waals surface area contributed by atoms with Gasteiger partial charge in [-0.15, -0.1) is 0 Å². The number of nitrogens with zero attached hydrogens (tertiary/aromatic N) is 6. The third-order valence-corrected chi connectivity index (χ3v) is 3.74. The van der Waals surface area contributed by atoms with Crippen LogP contribution in [0.15, 0.2) is 18.6 Å². The topological polar surface area (TPSA) is 83.2 Å². The number of nitriles is 2. The molecule has 0 aliphatic heterocycles. The van der Waals surface area contributed by atoms with Crippen molar-refractivity contribution in [3.8, 4) is 12.1 Å². The van der Waals surface area contributed by atoms with Crippen LogP contribution >= 0.6 is 0 Å². The molecule has 2 heterocycles. The van der Waals surface area contributed by atoms with Gasteiger partial charge in [-0.25, -0.2) is 4.98 Å². The lowest BCUT2D eigenvalue weighted by Crippen LogP contribution is -2.07. The van der Waals surface area contributed by atoms with Crippen LogP contribution in [0.25, 0.3) is 0 Å². The Bertz CT molecular complexity index is 690. The van der Waals surface area contributed by atoms with Crippen LogP contribution in [0.3, 0.4) is 0 Å². The van der Waals surface area contributed by atoms with Gasteiger partial charge in [0.25, 0.3) is 0 Å². The number of rotatable bonds is 3. The lowest BCUT2D eigenvalue weighted by molar-refractivity contribution is 0.461. The lowest BCUT2D eigenvalue weighted by atomic mass is 10.3. The van der Waals surface area contributed by atoms with Crippen LogP contribution in [-0.2, 0) is 6.54 Å². The summed E-state index contributed by atoms with van der Waals surface area (Å²) in [7, 11) is 0. The molecule has 2 aromatic rings. The number of imidazole rings is 1. The molecule has 0 N–H and O–H groups in total. The van der Waals surface area contributed by atoms with Gasteiger partial charge in [-0.3, -0.25) is 4.68 Å². The molecule has 0 aromatic carbocycles. The van der Waals surface area contributed by atoms with Gasteiger partial charge in [0, 0.05) is 6.20 Å². The van der Waals surface area contributed by atoms with Crippen molar-refractivity contribution in [1.82, 2.24) is 19.3 Å². The fourth-order valence-electron chi connectivity index (χ4n) is 2.71. The summed E-state index contributed by atoms with van der Waals surface area (Å²) in [6, 6.07) is 6.42. The van der Waals surface area contributed by atoms with Gasteiger partial charge in [0.1, 0.15) is 12.1 Å². The Morgan fingerprint density at radius 3 is 2.75 bits per heavy atom. The maximum Gasteiger partial charge on any atom is 0.176 e. The van der Waals surface area contributed by atoms with Crippen molar-refractivity contribution < 1.29 is 0 Å². The standard InChI is InChI=1S/C14H14N6/c15-7-13-14(8-16)19(10-17-13)9-11-5-6-20(18-11)12-3-1-2-4-12/h5-6,10,12H,1-4,9H2. The van der Waals surface area contributed by atoms with E-state index in [0.717, 1.165) is 5.69 Å². The summed E-state index contributed by atoms with van der Waals surface area (Å²) in [6.45, 7) is 0.470. The Kier molecular flexibility index (Phi) is 3.22. The first kappa shape index (κ1) is 12.4. The monoisotopic (exact) mass is 266 g/mol. The molecule has 1 saturated carbocycles. The average molecular weight is 266 g/mol. The van der Waals surface area contributed by atoms with E-state index in [1.165, 1.54) is 32.0 Å². The van der Waals surface area contributed by atoms with E-state index in [9.17, 15) is 0 Å². The summed E-state index contributed by atoms with van der Waals surface area (Å²) < 4.78 is 3.69. The van der Waals surface area contributed by atoms with Crippen LogP contribution in [-0.4, -0.2) is 19.3 Å². The lowest BCUT2D eigenvalue weighted by Gasteiger charge is -2.08. The minimum Gasteiger partial charge on any atom is -0.315 e. The highest BCUT2D eigenvalue weighted by Crippen LogP contribution is 2.28. The molecule has 2 aromatic heterocycles. The van der Waals surface area contributed by atoms with E-state index in [4.69, 9.17) is 10.5 Å². The summed E-state index contributed by atoms with van der Waals surface area (Å²) in [5, 5.41) is 22.5. The van der Waals surface area contributed by atoms with E-state index in [1.807, 2.05) is 29.1 Å². The maximum atomic E-state index is 9.09. The van der Waals surface area contributed by atoms with Crippen molar-refractivity contribution in [3.05, 3.63) is 35.7 Å². The van der Waals surface area contributed by atoms with Crippen LogP contribution in [0.2, 0.25) is 0 Å². The first-order valence-corrected chi connectivity index (χ1v) is 6.71. The molecule has 1 fully saturated rings. The Morgan fingerprint density at radius 2 is 2.05 bits per heavy atom. The first-order valence-electron chi connectivity index (χ1n) is 6.71. The van der Waals surface area contributed by atoms with Gasteiger partial charge in [-0.05, 0) is 18.9 Å². The molecule has 0 spiro atoms. The van der Waals surface area contributed by atoms with Gasteiger partial charge in [-0.1, -0.05) is 12.8 Å². The zero-order valence-electron chi connectivity index (χ0n) is 11.0. The fraction of sp³-hybridized carbons (Fsp3) is 0.429. The number of hydrogen-bond donors (Lipinski definition) is 0. The largest absolute Gasteiger partial charge is 0.315 e. The maximum absolute atomic E-state index is 9.09. The average Bonchev–Trinajstić information content (AvgIpc) is 3.19. The molecular formula is C14H14N6. The van der Waals surface area contributed by atoms with Crippen molar-refractivity contribution in [2.24, 2.45) is 0 Å². The summed E-state index contributed by atoms with van der Waals surface area (Å²) in [5.41, 5.74) is 1.35. The molecule has 6 nitrogen and oxygen atoms in total. The SMILES string of the molecule is N#Cc1ncn(Cc2ccn(C3CCCC3)n2)c1C#N. The van der Waals surface area contributed by atoms with E-state index in [0.29, 0.717) is 18.3 Å². The predicted octanol–water partition coefficient (Wildman–Crippen LogP) is 1.99. The van der Waals surface area contributed by atoms with Crippen molar-refractivity contribution in [1.29, 1.82) is 10.5 Å². The molecule has 0 amide bonds. The zero-order valence-corrected chi connectivity index (χ0v) is 11.0. The molecular weight excluding hydrogens is 252 g/mol. The van der Waals surface area contributed by atoms with Gasteiger partial charge in [0.15, 0.2) is 11.4 Å². The number of hydrogen-bond acceptors (Lipinski definition) is 4. The molecule has 0 unspecified atom stereocenters. The van der Waals surface area contributed by atoms with E-state index >= 15 is 0 Å². The van der Waals surface area contributed by atoms with Crippen LogP contribution in [0.5, 0.6) is 0 Å². The second-order valence-corrected chi connectivity index (χ2v) is 5.02. The van der Waals surface area contributed by atoms with E-state index < -0.39 is 0 Å². The second-order valence-electron chi connectivity index (χ2n) is 5.02. The minimum atomic E-state index is 0.169. The molecule has 0 saturated heterocycles. The van der Waals surface area contributed by atoms with Crippen LogP contribution in [0.1, 0.15) is 48.8 Å². The fourth-order valence-corrected chi connectivity index (χ4v) is 2.71. The molecule has 20 heavy (non-hydrogen) atoms. The molecule has 6 heteroatoms. The van der Waals surface area contributed by atoms with Crippen LogP contribution < -0.4 is 0 Å². The van der Waals surface area contributed by atoms with Crippen LogP contribution in [0.4, 0.5) is 0 Å². The zero-order chi connectivity index (χ0) is 13.9. The molecule has 1 aliphatic rings. The highest BCUT2D eigenvalue weighted by Gasteiger charge is 2.18. The Labute approximate surface area is 116 Å². The Morgan fingerprint density at radius 1 is 1.25 bits per heavy atom. The van der Waals surface area contributed by atoms with E-state index in [-0.39, 0.29) is 5.69 Å². The van der Waals surface area contributed by atoms with E-state index in [2.05, 4.69) is 10.1 Å². The first-order chi connectivity index (χ1) is 9.81. The molecule has 0 radical (unpaired) electrons. The van der Waals surface area contributed by atoms with Crippen LogP contribution in [0, 0.1) is 22.7 Å². The Hall–Kier alpha value is -2.60. The second kappa shape index (κ2) is 5.18. The third-order valence-electron chi connectivity index (χ3n) is 3.74. The molecule has 3 rings (SSSR count). The smallest absolute Gasteiger partial charge is 0.176 e. The highest BCUT2D eigenvalue weighted by atomic mass is 15.3. The van der Waals surface area contributed by atoms with Crippen molar-refractivity contribution in [2.75, 3.05) is 0 Å². The summed E-state index contributed by atoms with van der Waals surface area (Å²) in [5.74, 6) is 0. The van der Waals surface area contributed by atoms with Gasteiger partial charge in [0.05, 0.1) is 24.6 Å². The summed E-state index contributed by atoms with van der Waals surface area (Å²) >= 11 is 0. The van der Waals surface area contributed by atoms with Crippen molar-refractivity contribution >= 4 is 0 Å². The normalized spacial score (nSPS) is 15.1. The summed E-state index contributed by atoms with van der Waals surface area (Å²) in [4.78, 5) is 3.93.